The summed E-state index contributed by atoms with van der Waals surface area (Å²) in [5, 5.41) is 5.11. The van der Waals surface area contributed by atoms with Crippen LogP contribution in [-0.2, 0) is 26.0 Å². The number of nitrogens with zero attached hydrogens (tertiary/aromatic N) is 2. The van der Waals surface area contributed by atoms with Crippen molar-refractivity contribution < 1.29 is 32.3 Å². The Bertz CT molecular complexity index is 1160. The van der Waals surface area contributed by atoms with E-state index < -0.39 is 41.7 Å². The number of nitrogens with one attached hydrogen (secondary N) is 2. The van der Waals surface area contributed by atoms with Crippen LogP contribution < -0.4 is 15.5 Å². The molecule has 2 aromatic carbocycles. The fourth-order valence-corrected chi connectivity index (χ4v) is 4.38. The van der Waals surface area contributed by atoms with Crippen LogP contribution >= 0.6 is 0 Å². The van der Waals surface area contributed by atoms with Crippen molar-refractivity contribution in [2.24, 2.45) is 0 Å². The van der Waals surface area contributed by atoms with Gasteiger partial charge in [-0.3, -0.25) is 14.5 Å². The van der Waals surface area contributed by atoms with Crippen molar-refractivity contribution in [1.82, 2.24) is 10.2 Å². The summed E-state index contributed by atoms with van der Waals surface area (Å²) in [6.45, 7) is 4.38. The average molecular weight is 490 g/mol. The van der Waals surface area contributed by atoms with E-state index in [1.165, 1.54) is 6.07 Å². The average Bonchev–Trinajstić information content (AvgIpc) is 3.03. The van der Waals surface area contributed by atoms with Crippen molar-refractivity contribution >= 4 is 29.2 Å². The highest BCUT2D eigenvalue weighted by Crippen LogP contribution is 2.36. The Morgan fingerprint density at radius 1 is 1.14 bits per heavy atom. The van der Waals surface area contributed by atoms with Crippen molar-refractivity contribution in [2.45, 2.75) is 25.6 Å². The van der Waals surface area contributed by atoms with E-state index in [9.17, 15) is 27.6 Å². The van der Waals surface area contributed by atoms with Crippen LogP contribution in [-0.4, -0.2) is 55.6 Å². The summed E-state index contributed by atoms with van der Waals surface area (Å²) in [5.41, 5.74) is -0.565. The topological polar surface area (TPSA) is 91.0 Å². The van der Waals surface area contributed by atoms with Crippen LogP contribution in [0.15, 0.2) is 42.5 Å². The zero-order valence-corrected chi connectivity index (χ0v) is 19.2. The summed E-state index contributed by atoms with van der Waals surface area (Å²) < 4.78 is 45.3. The van der Waals surface area contributed by atoms with Gasteiger partial charge in [0.15, 0.2) is 0 Å². The summed E-state index contributed by atoms with van der Waals surface area (Å²) in [7, 11) is 0. The molecule has 2 aliphatic heterocycles. The molecule has 35 heavy (non-hydrogen) atoms. The number of amides is 4. The number of hydrogen-bond donors (Lipinski definition) is 2. The van der Waals surface area contributed by atoms with Crippen molar-refractivity contribution in [2.75, 3.05) is 43.1 Å². The molecule has 0 saturated carbocycles. The van der Waals surface area contributed by atoms with Gasteiger partial charge in [-0.1, -0.05) is 24.3 Å². The van der Waals surface area contributed by atoms with E-state index >= 15 is 0 Å². The number of benzene rings is 2. The number of carbonyl (C=O) groups excluding carboxylic acids is 3. The highest BCUT2D eigenvalue weighted by atomic mass is 19.4. The normalized spacial score (nSPS) is 20.7. The molecule has 2 N–H and O–H groups in total. The maximum atomic E-state index is 13.3. The van der Waals surface area contributed by atoms with E-state index in [0.29, 0.717) is 37.6 Å². The molecule has 0 bridgehead atoms. The number of morpholine rings is 1. The third-order valence-corrected chi connectivity index (χ3v) is 6.21. The lowest BCUT2D eigenvalue weighted by atomic mass is 9.88. The number of ether oxygens (including phenoxy) is 1. The second-order valence-corrected chi connectivity index (χ2v) is 8.64. The Morgan fingerprint density at radius 2 is 1.83 bits per heavy atom. The number of halogens is 3. The van der Waals surface area contributed by atoms with E-state index in [2.05, 4.69) is 10.6 Å². The SMILES string of the molecule is Cc1ccccc1C1(C)NC(=O)N(CC(=O)Nc2cc(C(F)(F)F)ccc2N2CCOCC2)C1=O. The van der Waals surface area contributed by atoms with Crippen molar-refractivity contribution in [3.05, 3.63) is 59.2 Å². The van der Waals surface area contributed by atoms with Gasteiger partial charge in [0.2, 0.25) is 5.91 Å². The summed E-state index contributed by atoms with van der Waals surface area (Å²) >= 11 is 0. The smallest absolute Gasteiger partial charge is 0.378 e. The summed E-state index contributed by atoms with van der Waals surface area (Å²) in [6, 6.07) is 9.40. The maximum Gasteiger partial charge on any atom is 0.416 e. The second kappa shape index (κ2) is 9.21. The van der Waals surface area contributed by atoms with Crippen molar-refractivity contribution in [3.8, 4) is 0 Å². The lowest BCUT2D eigenvalue weighted by molar-refractivity contribution is -0.137. The van der Waals surface area contributed by atoms with Gasteiger partial charge in [-0.15, -0.1) is 0 Å². The minimum absolute atomic E-state index is 0.0551. The van der Waals surface area contributed by atoms with Gasteiger partial charge in [0.1, 0.15) is 12.1 Å². The first kappa shape index (κ1) is 24.5. The summed E-state index contributed by atoms with van der Waals surface area (Å²) in [6.07, 6.45) is -4.61. The predicted molar refractivity (Wildman–Crippen MR) is 122 cm³/mol. The molecule has 0 aromatic heterocycles. The molecule has 2 heterocycles. The van der Waals surface area contributed by atoms with Gasteiger partial charge in [-0.25, -0.2) is 4.79 Å². The molecule has 1 atom stereocenters. The van der Waals surface area contributed by atoms with Gasteiger partial charge in [-0.05, 0) is 43.2 Å². The van der Waals surface area contributed by atoms with E-state index in [0.717, 1.165) is 22.6 Å². The molecule has 0 aliphatic carbocycles. The van der Waals surface area contributed by atoms with Crippen LogP contribution in [0, 0.1) is 6.92 Å². The zero-order valence-electron chi connectivity index (χ0n) is 19.2. The van der Waals surface area contributed by atoms with Crippen LogP contribution in [0.5, 0.6) is 0 Å². The van der Waals surface area contributed by atoms with Crippen LogP contribution in [0.3, 0.4) is 0 Å². The molecule has 0 spiro atoms. The number of urea groups is 1. The number of hydrogen-bond acceptors (Lipinski definition) is 5. The van der Waals surface area contributed by atoms with E-state index in [1.54, 1.807) is 38.1 Å². The standard InChI is InChI=1S/C24H25F3N4O4/c1-15-5-3-4-6-17(15)23(2)21(33)31(22(34)29-23)14-20(32)28-18-13-16(24(25,26)27)7-8-19(18)30-9-11-35-12-10-30/h3-8,13H,9-12,14H2,1-2H3,(H,28,32)(H,29,34). The monoisotopic (exact) mass is 490 g/mol. The van der Waals surface area contributed by atoms with E-state index in [1.807, 2.05) is 4.90 Å². The third kappa shape index (κ3) is 4.81. The number of carbonyl (C=O) groups is 3. The van der Waals surface area contributed by atoms with Gasteiger partial charge in [0, 0.05) is 13.1 Å². The first-order chi connectivity index (χ1) is 16.5. The third-order valence-electron chi connectivity index (χ3n) is 6.21. The largest absolute Gasteiger partial charge is 0.416 e. The minimum Gasteiger partial charge on any atom is -0.378 e. The van der Waals surface area contributed by atoms with Crippen molar-refractivity contribution in [3.63, 3.8) is 0 Å². The molecular weight excluding hydrogens is 465 g/mol. The number of anilines is 2. The fourth-order valence-electron chi connectivity index (χ4n) is 4.38. The highest BCUT2D eigenvalue weighted by Gasteiger charge is 2.50. The Kier molecular flexibility index (Phi) is 6.46. The predicted octanol–water partition coefficient (Wildman–Crippen LogP) is 3.26. The molecule has 186 valence electrons. The quantitative estimate of drug-likeness (QED) is 0.628. The molecule has 8 nitrogen and oxygen atoms in total. The molecule has 2 aliphatic rings. The fraction of sp³-hybridized carbons (Fsp3) is 0.375. The Labute approximate surface area is 200 Å². The molecule has 1 unspecified atom stereocenters. The molecule has 2 saturated heterocycles. The first-order valence-corrected chi connectivity index (χ1v) is 11.0. The van der Waals surface area contributed by atoms with Crippen molar-refractivity contribution in [1.29, 1.82) is 0 Å². The number of aryl methyl sites for hydroxylation is 1. The van der Waals surface area contributed by atoms with Gasteiger partial charge in [0.05, 0.1) is 30.2 Å². The van der Waals surface area contributed by atoms with Gasteiger partial charge < -0.3 is 20.3 Å². The van der Waals surface area contributed by atoms with Crippen LogP contribution in [0.25, 0.3) is 0 Å². The second-order valence-electron chi connectivity index (χ2n) is 8.64. The molecular formula is C24H25F3N4O4. The molecule has 2 aromatic rings. The Hall–Kier alpha value is -3.60. The summed E-state index contributed by atoms with van der Waals surface area (Å²) in [4.78, 5) is 41.2. The molecule has 2 fully saturated rings. The Morgan fingerprint density at radius 3 is 2.49 bits per heavy atom. The van der Waals surface area contributed by atoms with E-state index in [4.69, 9.17) is 4.74 Å². The lowest BCUT2D eigenvalue weighted by Crippen LogP contribution is -2.42. The molecule has 11 heteroatoms. The maximum absolute atomic E-state index is 13.3. The number of alkyl halides is 3. The molecule has 4 amide bonds. The number of rotatable bonds is 5. The molecule has 4 rings (SSSR count). The van der Waals surface area contributed by atoms with Crippen LogP contribution in [0.1, 0.15) is 23.6 Å². The van der Waals surface area contributed by atoms with Gasteiger partial charge in [-0.2, -0.15) is 13.2 Å². The Balaban J connectivity index is 1.56. The minimum atomic E-state index is -4.61. The van der Waals surface area contributed by atoms with Crippen LogP contribution in [0.4, 0.5) is 29.3 Å². The number of imide groups is 1. The first-order valence-electron chi connectivity index (χ1n) is 11.0. The van der Waals surface area contributed by atoms with Crippen LogP contribution in [0.2, 0.25) is 0 Å². The lowest BCUT2D eigenvalue weighted by Gasteiger charge is -2.31. The van der Waals surface area contributed by atoms with E-state index in [-0.39, 0.29) is 5.69 Å². The molecule has 0 radical (unpaired) electrons. The van der Waals surface area contributed by atoms with Gasteiger partial charge >= 0.3 is 12.2 Å². The summed E-state index contributed by atoms with van der Waals surface area (Å²) in [5.74, 6) is -1.42. The zero-order chi connectivity index (χ0) is 25.4. The van der Waals surface area contributed by atoms with Gasteiger partial charge in [0.25, 0.3) is 5.91 Å². The highest BCUT2D eigenvalue weighted by molar-refractivity contribution is 6.10.